The van der Waals surface area contributed by atoms with Crippen LogP contribution in [-0.4, -0.2) is 47.6 Å². The fourth-order valence-corrected chi connectivity index (χ4v) is 3.86. The molecule has 0 saturated carbocycles. The number of hydrogen-bond donors (Lipinski definition) is 1. The first-order valence-corrected chi connectivity index (χ1v) is 8.98. The van der Waals surface area contributed by atoms with E-state index >= 15 is 0 Å². The van der Waals surface area contributed by atoms with Gasteiger partial charge >= 0.3 is 11.9 Å². The first-order valence-electron chi connectivity index (χ1n) is 8.98. The number of allylic oxidation sites excluding steroid dienone is 1. The minimum absolute atomic E-state index is 0.210. The first kappa shape index (κ1) is 18.9. The number of esters is 2. The Labute approximate surface area is 153 Å². The van der Waals surface area contributed by atoms with Gasteiger partial charge in [-0.1, -0.05) is 18.2 Å². The maximum Gasteiger partial charge on any atom is 0.334 e. The Bertz CT molecular complexity index is 690. The maximum atomic E-state index is 12.4. The van der Waals surface area contributed by atoms with Crippen molar-refractivity contribution in [2.24, 2.45) is 5.92 Å². The van der Waals surface area contributed by atoms with Crippen molar-refractivity contribution in [2.45, 2.75) is 63.9 Å². The van der Waals surface area contributed by atoms with Crippen molar-refractivity contribution in [3.8, 4) is 0 Å². The van der Waals surface area contributed by atoms with E-state index in [2.05, 4.69) is 12.7 Å². The van der Waals surface area contributed by atoms with Crippen molar-refractivity contribution in [1.29, 1.82) is 0 Å². The molecule has 3 aliphatic rings. The largest absolute Gasteiger partial charge is 0.458 e. The van der Waals surface area contributed by atoms with Gasteiger partial charge in [-0.05, 0) is 39.7 Å². The molecule has 142 valence electrons. The zero-order chi connectivity index (χ0) is 19.1. The van der Waals surface area contributed by atoms with Crippen molar-refractivity contribution >= 4 is 11.9 Å². The van der Waals surface area contributed by atoms with Gasteiger partial charge in [0.2, 0.25) is 0 Å². The van der Waals surface area contributed by atoms with Crippen LogP contribution in [0.5, 0.6) is 0 Å². The molecule has 0 amide bonds. The lowest BCUT2D eigenvalue weighted by Crippen LogP contribution is -2.38. The lowest BCUT2D eigenvalue weighted by atomic mass is 9.82. The van der Waals surface area contributed by atoms with Crippen LogP contribution in [0.25, 0.3) is 0 Å². The SMILES string of the molecule is C=C1C(=O)O[C@H]2[C@H]1[C@H](OC(=O)/C(C)=C/CO)C/C(C)=C/CC[C@@]1(C)O[C@@H]21. The van der Waals surface area contributed by atoms with Gasteiger partial charge in [0.05, 0.1) is 18.1 Å². The third-order valence-corrected chi connectivity index (χ3v) is 5.54. The number of hydrogen-bond acceptors (Lipinski definition) is 6. The number of rotatable bonds is 3. The fraction of sp³-hybridized carbons (Fsp3) is 0.600. The Kier molecular flexibility index (Phi) is 5.08. The quantitative estimate of drug-likeness (QED) is 0.359. The lowest BCUT2D eigenvalue weighted by Gasteiger charge is -2.28. The van der Waals surface area contributed by atoms with Crippen LogP contribution in [0.1, 0.15) is 40.0 Å². The summed E-state index contributed by atoms with van der Waals surface area (Å²) in [5.74, 6) is -1.41. The average Bonchev–Trinajstić information content (AvgIpc) is 3.15. The van der Waals surface area contributed by atoms with Crippen LogP contribution in [0.3, 0.4) is 0 Å². The molecule has 0 unspecified atom stereocenters. The van der Waals surface area contributed by atoms with E-state index < -0.39 is 30.1 Å². The second kappa shape index (κ2) is 7.00. The van der Waals surface area contributed by atoms with E-state index in [0.717, 1.165) is 18.4 Å². The van der Waals surface area contributed by atoms with Crippen LogP contribution >= 0.6 is 0 Å². The molecule has 2 heterocycles. The zero-order valence-corrected chi connectivity index (χ0v) is 15.5. The molecule has 6 nitrogen and oxygen atoms in total. The van der Waals surface area contributed by atoms with Crippen molar-refractivity contribution in [1.82, 2.24) is 0 Å². The van der Waals surface area contributed by atoms with Crippen molar-refractivity contribution in [3.63, 3.8) is 0 Å². The van der Waals surface area contributed by atoms with Gasteiger partial charge in [0, 0.05) is 17.6 Å². The molecule has 2 fully saturated rings. The molecule has 0 aromatic carbocycles. The Morgan fingerprint density at radius 3 is 2.96 bits per heavy atom. The highest BCUT2D eigenvalue weighted by molar-refractivity contribution is 5.91. The standard InChI is InChI=1S/C20H26O6/c1-11-6-5-8-20(4)17(26-20)16-15(13(3)19(23)25-16)14(10-11)24-18(22)12(2)7-9-21/h6-7,14-17,21H,3,5,8-10H2,1-2,4H3/b11-6+,12-7+/t14-,15-,16+,17+,20-/m1/s1. The predicted octanol–water partition coefficient (Wildman–Crippen LogP) is 2.22. The minimum Gasteiger partial charge on any atom is -0.458 e. The monoisotopic (exact) mass is 362 g/mol. The van der Waals surface area contributed by atoms with Crippen molar-refractivity contribution in [3.05, 3.63) is 35.5 Å². The van der Waals surface area contributed by atoms with Gasteiger partial charge in [-0.3, -0.25) is 0 Å². The molecule has 2 saturated heterocycles. The molecule has 5 atom stereocenters. The number of fused-ring (bicyclic) bond motifs is 3. The topological polar surface area (TPSA) is 85.4 Å². The molecule has 0 bridgehead atoms. The van der Waals surface area contributed by atoms with Crippen molar-refractivity contribution < 1.29 is 28.9 Å². The van der Waals surface area contributed by atoms with E-state index in [1.807, 2.05) is 13.8 Å². The summed E-state index contributed by atoms with van der Waals surface area (Å²) in [6.07, 6.45) is 4.45. The second-order valence-corrected chi connectivity index (χ2v) is 7.58. The predicted molar refractivity (Wildman–Crippen MR) is 94.1 cm³/mol. The smallest absolute Gasteiger partial charge is 0.334 e. The van der Waals surface area contributed by atoms with Gasteiger partial charge in [-0.15, -0.1) is 0 Å². The van der Waals surface area contributed by atoms with Gasteiger partial charge in [0.25, 0.3) is 0 Å². The maximum absolute atomic E-state index is 12.4. The number of ether oxygens (including phenoxy) is 3. The van der Waals surface area contributed by atoms with E-state index in [1.165, 1.54) is 6.08 Å². The van der Waals surface area contributed by atoms with E-state index in [1.54, 1.807) is 6.92 Å². The van der Waals surface area contributed by atoms with Crippen LogP contribution in [-0.2, 0) is 23.8 Å². The van der Waals surface area contributed by atoms with Crippen LogP contribution < -0.4 is 0 Å². The highest BCUT2D eigenvalue weighted by Crippen LogP contribution is 2.50. The molecule has 1 aliphatic carbocycles. The molecule has 6 heteroatoms. The Balaban J connectivity index is 1.92. The summed E-state index contributed by atoms with van der Waals surface area (Å²) < 4.78 is 17.2. The minimum atomic E-state index is -0.573. The van der Waals surface area contributed by atoms with E-state index in [-0.39, 0.29) is 18.3 Å². The highest BCUT2D eigenvalue weighted by atomic mass is 16.6. The zero-order valence-electron chi connectivity index (χ0n) is 15.5. The summed E-state index contributed by atoms with van der Waals surface area (Å²) >= 11 is 0. The summed E-state index contributed by atoms with van der Waals surface area (Å²) in [5.41, 5.74) is 1.40. The summed E-state index contributed by atoms with van der Waals surface area (Å²) in [4.78, 5) is 24.6. The summed E-state index contributed by atoms with van der Waals surface area (Å²) in [5, 5.41) is 8.99. The third kappa shape index (κ3) is 3.48. The second-order valence-electron chi connectivity index (χ2n) is 7.58. The van der Waals surface area contributed by atoms with E-state index in [9.17, 15) is 9.59 Å². The van der Waals surface area contributed by atoms with Crippen LogP contribution in [0.4, 0.5) is 0 Å². The van der Waals surface area contributed by atoms with Gasteiger partial charge in [-0.25, -0.2) is 9.59 Å². The number of epoxide rings is 1. The fourth-order valence-electron chi connectivity index (χ4n) is 3.86. The van der Waals surface area contributed by atoms with Gasteiger partial charge in [0.1, 0.15) is 18.3 Å². The van der Waals surface area contributed by atoms with Gasteiger partial charge < -0.3 is 19.3 Å². The number of aliphatic hydroxyl groups is 1. The number of carbonyl (C=O) groups excluding carboxylic acids is 2. The van der Waals surface area contributed by atoms with E-state index in [4.69, 9.17) is 19.3 Å². The molecule has 26 heavy (non-hydrogen) atoms. The summed E-state index contributed by atoms with van der Waals surface area (Å²) in [6.45, 7) is 9.25. The van der Waals surface area contributed by atoms with E-state index in [0.29, 0.717) is 17.6 Å². The first-order chi connectivity index (χ1) is 12.3. The van der Waals surface area contributed by atoms with Gasteiger partial charge in [0.15, 0.2) is 0 Å². The Morgan fingerprint density at radius 1 is 1.54 bits per heavy atom. The van der Waals surface area contributed by atoms with Gasteiger partial charge in [-0.2, -0.15) is 0 Å². The third-order valence-electron chi connectivity index (χ3n) is 5.54. The molecular formula is C20H26O6. The normalized spacial score (nSPS) is 39.2. The lowest BCUT2D eigenvalue weighted by molar-refractivity contribution is -0.148. The Morgan fingerprint density at radius 2 is 2.27 bits per heavy atom. The molecule has 0 spiro atoms. The number of carbonyl (C=O) groups is 2. The molecular weight excluding hydrogens is 336 g/mol. The van der Waals surface area contributed by atoms with Crippen LogP contribution in [0, 0.1) is 5.92 Å². The highest BCUT2D eigenvalue weighted by Gasteiger charge is 2.63. The number of aliphatic hydroxyl groups excluding tert-OH is 1. The molecule has 2 aliphatic heterocycles. The average molecular weight is 362 g/mol. The molecule has 3 rings (SSSR count). The summed E-state index contributed by atoms with van der Waals surface area (Å²) in [7, 11) is 0. The Hall–Kier alpha value is -1.92. The van der Waals surface area contributed by atoms with Crippen molar-refractivity contribution in [2.75, 3.05) is 6.61 Å². The molecule has 0 radical (unpaired) electrons. The van der Waals surface area contributed by atoms with Crippen LogP contribution in [0.15, 0.2) is 35.5 Å². The van der Waals surface area contributed by atoms with Crippen LogP contribution in [0.2, 0.25) is 0 Å². The molecule has 1 N–H and O–H groups in total. The molecule has 0 aromatic rings. The summed E-state index contributed by atoms with van der Waals surface area (Å²) in [6, 6.07) is 0. The molecule has 0 aromatic heterocycles.